The molecule has 0 aromatic carbocycles. The Bertz CT molecular complexity index is 346. The lowest BCUT2D eigenvalue weighted by Crippen LogP contribution is -2.31. The van der Waals surface area contributed by atoms with Crippen molar-refractivity contribution in [3.63, 3.8) is 0 Å². The second-order valence-electron chi connectivity index (χ2n) is 5.23. The van der Waals surface area contributed by atoms with Gasteiger partial charge in [-0.15, -0.1) is 0 Å². The van der Waals surface area contributed by atoms with Crippen molar-refractivity contribution in [3.8, 4) is 0 Å². The number of hydrogen-bond acceptors (Lipinski definition) is 4. The van der Waals surface area contributed by atoms with Gasteiger partial charge in [0.2, 0.25) is 5.89 Å². The van der Waals surface area contributed by atoms with Gasteiger partial charge < -0.3 is 9.84 Å². The fourth-order valence-corrected chi connectivity index (χ4v) is 1.88. The van der Waals surface area contributed by atoms with Crippen LogP contribution in [-0.2, 0) is 6.42 Å². The van der Waals surface area contributed by atoms with E-state index in [2.05, 4.69) is 36.2 Å². The Balaban J connectivity index is 1.88. The van der Waals surface area contributed by atoms with Crippen LogP contribution >= 0.6 is 0 Å². The smallest absolute Gasteiger partial charge is 0.231 e. The van der Waals surface area contributed by atoms with E-state index in [-0.39, 0.29) is 5.92 Å². The van der Waals surface area contributed by atoms with Crippen molar-refractivity contribution in [2.45, 2.75) is 58.4 Å². The van der Waals surface area contributed by atoms with Crippen LogP contribution in [-0.4, -0.2) is 22.7 Å². The largest absolute Gasteiger partial charge is 0.339 e. The molecule has 0 spiro atoms. The third kappa shape index (κ3) is 3.53. The first-order chi connectivity index (χ1) is 8.20. The van der Waals surface area contributed by atoms with Crippen LogP contribution in [0.15, 0.2) is 4.52 Å². The molecule has 1 aromatic rings. The Morgan fingerprint density at radius 1 is 1.41 bits per heavy atom. The molecule has 4 heteroatoms. The van der Waals surface area contributed by atoms with Crippen LogP contribution in [0.3, 0.4) is 0 Å². The van der Waals surface area contributed by atoms with Gasteiger partial charge in [0.1, 0.15) is 0 Å². The van der Waals surface area contributed by atoms with Crippen molar-refractivity contribution < 1.29 is 4.52 Å². The number of rotatable bonds is 7. The zero-order chi connectivity index (χ0) is 12.3. The zero-order valence-corrected chi connectivity index (χ0v) is 11.1. The SMILES string of the molecule is CCCNC(C)C(C)c1nc(CC2CC2)no1. The molecular weight excluding hydrogens is 214 g/mol. The van der Waals surface area contributed by atoms with E-state index in [4.69, 9.17) is 4.52 Å². The molecule has 0 bridgehead atoms. The van der Waals surface area contributed by atoms with Crippen molar-refractivity contribution in [2.75, 3.05) is 6.54 Å². The average Bonchev–Trinajstić information content (AvgIpc) is 3.01. The maximum absolute atomic E-state index is 5.36. The first-order valence-corrected chi connectivity index (χ1v) is 6.76. The van der Waals surface area contributed by atoms with Crippen LogP contribution in [0.5, 0.6) is 0 Å². The molecule has 17 heavy (non-hydrogen) atoms. The molecule has 0 aliphatic heterocycles. The predicted molar refractivity (Wildman–Crippen MR) is 66.9 cm³/mol. The lowest BCUT2D eigenvalue weighted by atomic mass is 10.0. The zero-order valence-electron chi connectivity index (χ0n) is 11.1. The molecule has 1 aromatic heterocycles. The van der Waals surface area contributed by atoms with E-state index >= 15 is 0 Å². The van der Waals surface area contributed by atoms with E-state index in [1.54, 1.807) is 0 Å². The molecule has 1 aliphatic rings. The fraction of sp³-hybridized carbons (Fsp3) is 0.846. The van der Waals surface area contributed by atoms with Gasteiger partial charge in [0.25, 0.3) is 0 Å². The minimum Gasteiger partial charge on any atom is -0.339 e. The minimum absolute atomic E-state index is 0.280. The van der Waals surface area contributed by atoms with Crippen molar-refractivity contribution in [1.29, 1.82) is 0 Å². The third-order valence-corrected chi connectivity index (χ3v) is 3.51. The molecule has 1 heterocycles. The van der Waals surface area contributed by atoms with Crippen LogP contribution in [0.25, 0.3) is 0 Å². The molecule has 1 saturated carbocycles. The fourth-order valence-electron chi connectivity index (χ4n) is 1.88. The van der Waals surface area contributed by atoms with E-state index in [1.807, 2.05) is 0 Å². The summed E-state index contributed by atoms with van der Waals surface area (Å²) in [6, 6.07) is 0.379. The van der Waals surface area contributed by atoms with Gasteiger partial charge in [-0.05, 0) is 38.6 Å². The maximum Gasteiger partial charge on any atom is 0.231 e. The minimum atomic E-state index is 0.280. The van der Waals surface area contributed by atoms with Crippen LogP contribution in [0.1, 0.15) is 57.7 Å². The standard InChI is InChI=1S/C13H23N3O/c1-4-7-14-10(3)9(2)13-15-12(16-17-13)8-11-5-6-11/h9-11,14H,4-8H2,1-3H3. The molecule has 2 atom stereocenters. The van der Waals surface area contributed by atoms with Gasteiger partial charge in [-0.2, -0.15) is 4.98 Å². The van der Waals surface area contributed by atoms with Gasteiger partial charge in [-0.1, -0.05) is 19.0 Å². The Kier molecular flexibility index (Phi) is 4.15. The molecule has 0 amide bonds. The quantitative estimate of drug-likeness (QED) is 0.791. The molecule has 1 N–H and O–H groups in total. The predicted octanol–water partition coefficient (Wildman–Crippen LogP) is 2.51. The highest BCUT2D eigenvalue weighted by molar-refractivity contribution is 4.98. The van der Waals surface area contributed by atoms with Crippen molar-refractivity contribution in [3.05, 3.63) is 11.7 Å². The molecule has 2 unspecified atom stereocenters. The summed E-state index contributed by atoms with van der Waals surface area (Å²) >= 11 is 0. The first-order valence-electron chi connectivity index (χ1n) is 6.76. The van der Waals surface area contributed by atoms with Crippen molar-refractivity contribution in [2.24, 2.45) is 5.92 Å². The van der Waals surface area contributed by atoms with Gasteiger partial charge in [-0.25, -0.2) is 0 Å². The van der Waals surface area contributed by atoms with E-state index in [0.29, 0.717) is 6.04 Å². The monoisotopic (exact) mass is 237 g/mol. The van der Waals surface area contributed by atoms with Gasteiger partial charge >= 0.3 is 0 Å². The number of nitrogens with zero attached hydrogens (tertiary/aromatic N) is 2. The second-order valence-corrected chi connectivity index (χ2v) is 5.23. The Morgan fingerprint density at radius 3 is 2.82 bits per heavy atom. The average molecular weight is 237 g/mol. The van der Waals surface area contributed by atoms with Crippen LogP contribution in [0.4, 0.5) is 0 Å². The Labute approximate surface area is 103 Å². The van der Waals surface area contributed by atoms with Crippen molar-refractivity contribution in [1.82, 2.24) is 15.5 Å². The molecule has 96 valence electrons. The van der Waals surface area contributed by atoms with Crippen LogP contribution in [0, 0.1) is 5.92 Å². The van der Waals surface area contributed by atoms with E-state index in [9.17, 15) is 0 Å². The Hall–Kier alpha value is -0.900. The summed E-state index contributed by atoms with van der Waals surface area (Å²) in [7, 11) is 0. The molecule has 1 aliphatic carbocycles. The third-order valence-electron chi connectivity index (χ3n) is 3.51. The summed E-state index contributed by atoms with van der Waals surface area (Å²) < 4.78 is 5.36. The van der Waals surface area contributed by atoms with Gasteiger partial charge in [-0.3, -0.25) is 0 Å². The second kappa shape index (κ2) is 5.63. The van der Waals surface area contributed by atoms with Crippen LogP contribution < -0.4 is 5.32 Å². The van der Waals surface area contributed by atoms with Gasteiger partial charge in [0, 0.05) is 12.5 Å². The molecule has 0 saturated heterocycles. The highest BCUT2D eigenvalue weighted by Gasteiger charge is 2.25. The maximum atomic E-state index is 5.36. The molecule has 4 nitrogen and oxygen atoms in total. The Morgan fingerprint density at radius 2 is 2.18 bits per heavy atom. The van der Waals surface area contributed by atoms with Crippen LogP contribution in [0.2, 0.25) is 0 Å². The van der Waals surface area contributed by atoms with Crippen molar-refractivity contribution >= 4 is 0 Å². The summed E-state index contributed by atoms with van der Waals surface area (Å²) in [5.74, 6) is 2.75. The highest BCUT2D eigenvalue weighted by atomic mass is 16.5. The molecule has 0 radical (unpaired) electrons. The lowest BCUT2D eigenvalue weighted by Gasteiger charge is -2.17. The first kappa shape index (κ1) is 12.6. The molecule has 2 rings (SSSR count). The summed E-state index contributed by atoms with van der Waals surface area (Å²) in [6.45, 7) is 7.52. The normalized spacial score (nSPS) is 19.2. The number of nitrogens with one attached hydrogen (secondary N) is 1. The topological polar surface area (TPSA) is 51.0 Å². The highest BCUT2D eigenvalue weighted by Crippen LogP contribution is 2.32. The van der Waals surface area contributed by atoms with E-state index in [1.165, 1.54) is 12.8 Å². The summed E-state index contributed by atoms with van der Waals surface area (Å²) in [5.41, 5.74) is 0. The molecule has 1 fully saturated rings. The summed E-state index contributed by atoms with van der Waals surface area (Å²) in [6.07, 6.45) is 4.79. The number of hydrogen-bond donors (Lipinski definition) is 1. The lowest BCUT2D eigenvalue weighted by molar-refractivity contribution is 0.328. The van der Waals surface area contributed by atoms with Gasteiger partial charge in [0.05, 0.1) is 5.92 Å². The van der Waals surface area contributed by atoms with Gasteiger partial charge in [0.15, 0.2) is 5.82 Å². The molecular formula is C13H23N3O. The number of aromatic nitrogens is 2. The summed E-state index contributed by atoms with van der Waals surface area (Å²) in [4.78, 5) is 4.50. The van der Waals surface area contributed by atoms with E-state index < -0.39 is 0 Å². The van der Waals surface area contributed by atoms with E-state index in [0.717, 1.165) is 37.0 Å². The summed E-state index contributed by atoms with van der Waals surface area (Å²) in [5, 5.41) is 7.53.